The van der Waals surface area contributed by atoms with Crippen LogP contribution in [0, 0.1) is 11.6 Å². The Morgan fingerprint density at radius 3 is 2.13 bits per heavy atom. The summed E-state index contributed by atoms with van der Waals surface area (Å²) in [6.45, 7) is 4.95. The second-order valence-electron chi connectivity index (χ2n) is 4.79. The Morgan fingerprint density at radius 2 is 1.74 bits per heavy atom. The number of carbonyl (C=O) groups is 2. The van der Waals surface area contributed by atoms with Crippen LogP contribution in [0.25, 0.3) is 0 Å². The van der Waals surface area contributed by atoms with Crippen LogP contribution in [0.5, 0.6) is 0 Å². The number of aliphatic carboxylic acids is 2. The number of anilines is 1. The Balaban J connectivity index is 3.66. The van der Waals surface area contributed by atoms with Crippen LogP contribution < -0.4 is 4.90 Å². The van der Waals surface area contributed by atoms with E-state index in [9.17, 15) is 23.5 Å². The van der Waals surface area contributed by atoms with Crippen LogP contribution in [-0.2, 0) is 22.4 Å². The Morgan fingerprint density at radius 1 is 1.13 bits per heavy atom. The first-order valence-electron chi connectivity index (χ1n) is 7.23. The number of aryl methyl sites for hydroxylation is 1. The SMILES string of the molecule is CCc1cc(N(CC)/C(=C/C(=O)O)C(=O)O)c(CC)c(F)c1F. The highest BCUT2D eigenvalue weighted by molar-refractivity contribution is 5.98. The number of nitrogens with zero attached hydrogens (tertiary/aromatic N) is 1. The predicted octanol–water partition coefficient (Wildman–Crippen LogP) is 2.97. The maximum absolute atomic E-state index is 14.2. The first-order valence-corrected chi connectivity index (χ1v) is 7.23. The lowest BCUT2D eigenvalue weighted by Gasteiger charge is -2.27. The number of halogens is 2. The fourth-order valence-electron chi connectivity index (χ4n) is 2.38. The molecule has 0 unspecified atom stereocenters. The van der Waals surface area contributed by atoms with Gasteiger partial charge in [-0.05, 0) is 31.4 Å². The molecule has 0 aliphatic carbocycles. The molecule has 0 atom stereocenters. The summed E-state index contributed by atoms with van der Waals surface area (Å²) in [4.78, 5) is 23.4. The first kappa shape index (κ1) is 18.6. The number of carboxylic acid groups (broad SMARTS) is 2. The minimum atomic E-state index is -1.46. The lowest BCUT2D eigenvalue weighted by Crippen LogP contribution is -2.29. The maximum atomic E-state index is 14.2. The Bertz CT molecular complexity index is 656. The number of hydrogen-bond donors (Lipinski definition) is 2. The second-order valence-corrected chi connectivity index (χ2v) is 4.79. The summed E-state index contributed by atoms with van der Waals surface area (Å²) in [6, 6.07) is 1.37. The molecule has 5 nitrogen and oxygen atoms in total. The zero-order valence-corrected chi connectivity index (χ0v) is 13.2. The van der Waals surface area contributed by atoms with Crippen molar-refractivity contribution < 1.29 is 28.6 Å². The van der Waals surface area contributed by atoms with Gasteiger partial charge in [0.25, 0.3) is 0 Å². The summed E-state index contributed by atoms with van der Waals surface area (Å²) in [6.07, 6.45) is 0.902. The van der Waals surface area contributed by atoms with E-state index < -0.39 is 29.3 Å². The van der Waals surface area contributed by atoms with Crippen molar-refractivity contribution in [2.75, 3.05) is 11.4 Å². The standard InChI is InChI=1S/C16H19F2NO4/c1-4-9-7-11(10(5-2)15(18)14(9)17)19(6-3)12(16(22)23)8-13(20)21/h7-8H,4-6H2,1-3H3,(H,20,21)(H,22,23)/b12-8+. The van der Waals surface area contributed by atoms with Gasteiger partial charge >= 0.3 is 11.9 Å². The molecule has 1 rings (SSSR count). The summed E-state index contributed by atoms with van der Waals surface area (Å²) >= 11 is 0. The summed E-state index contributed by atoms with van der Waals surface area (Å²) in [5.41, 5.74) is -0.226. The topological polar surface area (TPSA) is 77.8 Å². The molecule has 1 aromatic carbocycles. The van der Waals surface area contributed by atoms with Gasteiger partial charge in [0.05, 0.1) is 6.08 Å². The Labute approximate surface area is 132 Å². The van der Waals surface area contributed by atoms with E-state index in [4.69, 9.17) is 5.11 Å². The van der Waals surface area contributed by atoms with Crippen molar-refractivity contribution in [1.29, 1.82) is 0 Å². The van der Waals surface area contributed by atoms with Gasteiger partial charge in [-0.1, -0.05) is 13.8 Å². The molecule has 0 radical (unpaired) electrons. The third-order valence-corrected chi connectivity index (χ3v) is 3.47. The molecule has 7 heteroatoms. The second kappa shape index (κ2) is 7.71. The molecule has 0 bridgehead atoms. The van der Waals surface area contributed by atoms with Gasteiger partial charge in [-0.25, -0.2) is 18.4 Å². The van der Waals surface area contributed by atoms with E-state index in [0.717, 1.165) is 4.90 Å². The van der Waals surface area contributed by atoms with Gasteiger partial charge in [0.2, 0.25) is 0 Å². The van der Waals surface area contributed by atoms with Crippen LogP contribution in [0.4, 0.5) is 14.5 Å². The van der Waals surface area contributed by atoms with Crippen LogP contribution in [-0.4, -0.2) is 28.7 Å². The number of benzene rings is 1. The minimum Gasteiger partial charge on any atom is -0.478 e. The largest absolute Gasteiger partial charge is 0.478 e. The molecular weight excluding hydrogens is 308 g/mol. The molecule has 0 fully saturated rings. The lowest BCUT2D eigenvalue weighted by molar-refractivity contribution is -0.135. The van der Waals surface area contributed by atoms with Gasteiger partial charge in [0.15, 0.2) is 11.6 Å². The van der Waals surface area contributed by atoms with Gasteiger partial charge in [0.1, 0.15) is 5.70 Å². The average Bonchev–Trinajstić information content (AvgIpc) is 2.49. The molecule has 0 saturated heterocycles. The number of likely N-dealkylation sites (N-methyl/N-ethyl adjacent to an activating group) is 1. The zero-order chi connectivity index (χ0) is 17.7. The third kappa shape index (κ3) is 3.85. The molecule has 0 aliphatic heterocycles. The summed E-state index contributed by atoms with van der Waals surface area (Å²) in [5, 5.41) is 18.1. The van der Waals surface area contributed by atoms with Crippen molar-refractivity contribution in [3.05, 3.63) is 40.6 Å². The lowest BCUT2D eigenvalue weighted by atomic mass is 10.0. The van der Waals surface area contributed by atoms with E-state index in [1.807, 2.05) is 0 Å². The van der Waals surface area contributed by atoms with Crippen molar-refractivity contribution in [2.24, 2.45) is 0 Å². The van der Waals surface area contributed by atoms with E-state index in [0.29, 0.717) is 6.08 Å². The van der Waals surface area contributed by atoms with Crippen molar-refractivity contribution in [3.8, 4) is 0 Å². The first-order chi connectivity index (χ1) is 10.8. The van der Waals surface area contributed by atoms with Crippen molar-refractivity contribution >= 4 is 17.6 Å². The molecular formula is C16H19F2NO4. The quantitative estimate of drug-likeness (QED) is 0.753. The number of rotatable bonds is 7. The normalized spacial score (nSPS) is 11.4. The van der Waals surface area contributed by atoms with Crippen LogP contribution in [0.15, 0.2) is 17.8 Å². The molecule has 126 valence electrons. The summed E-state index contributed by atoms with van der Waals surface area (Å²) in [5.74, 6) is -4.88. The van der Waals surface area contributed by atoms with E-state index in [1.54, 1.807) is 20.8 Å². The molecule has 2 N–H and O–H groups in total. The molecule has 0 aromatic heterocycles. The molecule has 1 aromatic rings. The van der Waals surface area contributed by atoms with E-state index in [1.165, 1.54) is 6.07 Å². The van der Waals surface area contributed by atoms with E-state index >= 15 is 0 Å². The molecule has 0 aliphatic rings. The van der Waals surface area contributed by atoms with Crippen molar-refractivity contribution in [2.45, 2.75) is 33.6 Å². The van der Waals surface area contributed by atoms with Gasteiger partial charge in [-0.15, -0.1) is 0 Å². The molecule has 0 spiro atoms. The average molecular weight is 327 g/mol. The van der Waals surface area contributed by atoms with Crippen LogP contribution >= 0.6 is 0 Å². The smallest absolute Gasteiger partial charge is 0.352 e. The monoisotopic (exact) mass is 327 g/mol. The molecule has 0 saturated carbocycles. The summed E-state index contributed by atoms with van der Waals surface area (Å²) in [7, 11) is 0. The third-order valence-electron chi connectivity index (χ3n) is 3.47. The van der Waals surface area contributed by atoms with Crippen LogP contribution in [0.2, 0.25) is 0 Å². The summed E-state index contributed by atoms with van der Waals surface area (Å²) < 4.78 is 28.2. The Hall–Kier alpha value is -2.44. The van der Waals surface area contributed by atoms with Crippen molar-refractivity contribution in [1.82, 2.24) is 0 Å². The highest BCUT2D eigenvalue weighted by atomic mass is 19.2. The van der Waals surface area contributed by atoms with E-state index in [-0.39, 0.29) is 36.2 Å². The zero-order valence-electron chi connectivity index (χ0n) is 13.2. The highest BCUT2D eigenvalue weighted by Gasteiger charge is 2.25. The van der Waals surface area contributed by atoms with Crippen LogP contribution in [0.1, 0.15) is 31.9 Å². The predicted molar refractivity (Wildman–Crippen MR) is 81.5 cm³/mol. The fraction of sp³-hybridized carbons (Fsp3) is 0.375. The molecule has 23 heavy (non-hydrogen) atoms. The van der Waals surface area contributed by atoms with Gasteiger partial charge in [0, 0.05) is 17.8 Å². The van der Waals surface area contributed by atoms with Gasteiger partial charge < -0.3 is 15.1 Å². The van der Waals surface area contributed by atoms with Crippen molar-refractivity contribution in [3.63, 3.8) is 0 Å². The van der Waals surface area contributed by atoms with E-state index in [2.05, 4.69) is 0 Å². The maximum Gasteiger partial charge on any atom is 0.352 e. The number of carboxylic acids is 2. The number of hydrogen-bond acceptors (Lipinski definition) is 3. The highest BCUT2D eigenvalue weighted by Crippen LogP contribution is 2.31. The molecule has 0 amide bonds. The minimum absolute atomic E-state index is 0.0130. The van der Waals surface area contributed by atoms with Gasteiger partial charge in [-0.3, -0.25) is 0 Å². The Kier molecular flexibility index (Phi) is 6.24. The fourth-order valence-corrected chi connectivity index (χ4v) is 2.38. The van der Waals surface area contributed by atoms with Crippen LogP contribution in [0.3, 0.4) is 0 Å². The van der Waals surface area contributed by atoms with Gasteiger partial charge in [-0.2, -0.15) is 0 Å². The molecule has 0 heterocycles.